The number of ether oxygens (including phenoxy) is 1. The van der Waals surface area contributed by atoms with E-state index >= 15 is 0 Å². The maximum absolute atomic E-state index is 13.8. The van der Waals surface area contributed by atoms with E-state index in [0.29, 0.717) is 30.6 Å². The average molecular weight is 471 g/mol. The van der Waals surface area contributed by atoms with E-state index in [1.807, 2.05) is 12.1 Å². The van der Waals surface area contributed by atoms with Crippen LogP contribution >= 0.6 is 0 Å². The summed E-state index contributed by atoms with van der Waals surface area (Å²) >= 11 is 0. The quantitative estimate of drug-likeness (QED) is 0.455. The number of carbonyl (C=O) groups excluding carboxylic acids is 1. The molecule has 0 saturated heterocycles. The van der Waals surface area contributed by atoms with Crippen molar-refractivity contribution in [2.45, 2.75) is 63.1 Å². The van der Waals surface area contributed by atoms with E-state index < -0.39 is 23.6 Å². The lowest BCUT2D eigenvalue weighted by atomic mass is 9.90. The summed E-state index contributed by atoms with van der Waals surface area (Å²) in [5, 5.41) is 10.1. The number of alkyl halides is 3. The Labute approximate surface area is 193 Å². The van der Waals surface area contributed by atoms with Gasteiger partial charge in [-0.05, 0) is 66.6 Å². The smallest absolute Gasteiger partial charge is 0.416 e. The number of carboxylic acids is 1. The number of H-pyrrole nitrogens is 1. The fourth-order valence-corrected chi connectivity index (χ4v) is 5.39. The molecule has 178 valence electrons. The van der Waals surface area contributed by atoms with Gasteiger partial charge in [-0.25, -0.2) is 0 Å². The minimum absolute atomic E-state index is 0.0399. The second kappa shape index (κ2) is 8.49. The molecule has 2 aliphatic carbocycles. The average Bonchev–Trinajstić information content (AvgIpc) is 3.47. The monoisotopic (exact) mass is 471 g/mol. The van der Waals surface area contributed by atoms with E-state index in [0.717, 1.165) is 41.1 Å². The molecule has 1 aromatic heterocycles. The normalized spacial score (nSPS) is 20.1. The van der Waals surface area contributed by atoms with Gasteiger partial charge in [0.05, 0.1) is 12.0 Å². The van der Waals surface area contributed by atoms with Crippen molar-refractivity contribution in [3.8, 4) is 5.75 Å². The van der Waals surface area contributed by atoms with Crippen molar-refractivity contribution in [2.75, 3.05) is 0 Å². The van der Waals surface area contributed by atoms with Crippen molar-refractivity contribution in [3.05, 3.63) is 64.3 Å². The summed E-state index contributed by atoms with van der Waals surface area (Å²) in [6, 6.07) is 9.54. The zero-order valence-corrected chi connectivity index (χ0v) is 18.4. The summed E-state index contributed by atoms with van der Waals surface area (Å²) in [7, 11) is 0. The highest BCUT2D eigenvalue weighted by atomic mass is 19.4. The largest absolute Gasteiger partial charge is 0.489 e. The summed E-state index contributed by atoms with van der Waals surface area (Å²) in [5.74, 6) is -1.17. The van der Waals surface area contributed by atoms with Gasteiger partial charge in [-0.15, -0.1) is 0 Å². The molecule has 1 saturated carbocycles. The molecule has 0 bridgehead atoms. The van der Waals surface area contributed by atoms with Gasteiger partial charge < -0.3 is 14.8 Å². The third kappa shape index (κ3) is 4.17. The van der Waals surface area contributed by atoms with Gasteiger partial charge in [0.1, 0.15) is 18.1 Å². The number of aliphatic carboxylic acids is 1. The van der Waals surface area contributed by atoms with E-state index in [2.05, 4.69) is 4.98 Å². The first kappa shape index (κ1) is 22.5. The van der Waals surface area contributed by atoms with Crippen LogP contribution in [0.5, 0.6) is 5.75 Å². The SMILES string of the molecule is O=C(O)C[C@@H]1CCc2c1[nH]c1ccc(OCc3ccc([C@@H]4CCCC4=O)c(C(F)(F)F)c3)cc21. The second-order valence-corrected chi connectivity index (χ2v) is 9.18. The van der Waals surface area contributed by atoms with E-state index in [4.69, 9.17) is 9.84 Å². The van der Waals surface area contributed by atoms with Gasteiger partial charge in [0.25, 0.3) is 0 Å². The lowest BCUT2D eigenvalue weighted by Gasteiger charge is -2.18. The number of Topliss-reactive ketones (excluding diaryl/α,β-unsaturated/α-hetero) is 1. The molecule has 0 aliphatic heterocycles. The van der Waals surface area contributed by atoms with Gasteiger partial charge in [0.15, 0.2) is 0 Å². The number of benzene rings is 2. The van der Waals surface area contributed by atoms with Crippen LogP contribution in [0, 0.1) is 0 Å². The molecule has 0 radical (unpaired) electrons. The van der Waals surface area contributed by atoms with Crippen LogP contribution in [-0.4, -0.2) is 21.8 Å². The highest BCUT2D eigenvalue weighted by Crippen LogP contribution is 2.42. The molecule has 2 atom stereocenters. The van der Waals surface area contributed by atoms with Crippen molar-refractivity contribution < 1.29 is 32.6 Å². The molecule has 0 unspecified atom stereocenters. The summed E-state index contributed by atoms with van der Waals surface area (Å²) in [4.78, 5) is 26.5. The molecule has 5 nitrogen and oxygen atoms in total. The van der Waals surface area contributed by atoms with E-state index in [1.54, 1.807) is 12.1 Å². The molecule has 3 aromatic rings. The minimum atomic E-state index is -4.55. The first-order valence-corrected chi connectivity index (χ1v) is 11.4. The molecule has 5 rings (SSSR count). The summed E-state index contributed by atoms with van der Waals surface area (Å²) < 4.78 is 47.1. The van der Waals surface area contributed by atoms with Gasteiger partial charge in [0, 0.05) is 34.9 Å². The summed E-state index contributed by atoms with van der Waals surface area (Å²) in [6.07, 6.45) is -1.54. The number of hydrogen-bond acceptors (Lipinski definition) is 3. The number of aryl methyl sites for hydroxylation is 1. The Morgan fingerprint density at radius 1 is 1.12 bits per heavy atom. The molecule has 2 aromatic carbocycles. The molecule has 1 fully saturated rings. The Kier molecular flexibility index (Phi) is 5.62. The Bertz CT molecular complexity index is 1280. The number of halogens is 3. The number of aromatic amines is 1. The van der Waals surface area contributed by atoms with Crippen LogP contribution in [-0.2, 0) is 28.8 Å². The van der Waals surface area contributed by atoms with Crippen molar-refractivity contribution in [3.63, 3.8) is 0 Å². The number of hydrogen-bond donors (Lipinski definition) is 2. The minimum Gasteiger partial charge on any atom is -0.489 e. The zero-order chi connectivity index (χ0) is 24.0. The van der Waals surface area contributed by atoms with Crippen LogP contribution in [0.3, 0.4) is 0 Å². The lowest BCUT2D eigenvalue weighted by molar-refractivity contribution is -0.139. The van der Waals surface area contributed by atoms with Crippen LogP contribution < -0.4 is 4.74 Å². The first-order chi connectivity index (χ1) is 16.2. The molecule has 1 heterocycles. The van der Waals surface area contributed by atoms with E-state index in [9.17, 15) is 22.8 Å². The van der Waals surface area contributed by atoms with Crippen LogP contribution in [0.4, 0.5) is 13.2 Å². The van der Waals surface area contributed by atoms with E-state index in [-0.39, 0.29) is 30.3 Å². The van der Waals surface area contributed by atoms with Crippen molar-refractivity contribution >= 4 is 22.7 Å². The first-order valence-electron chi connectivity index (χ1n) is 11.4. The number of nitrogens with one attached hydrogen (secondary N) is 1. The highest BCUT2D eigenvalue weighted by molar-refractivity contribution is 5.88. The standard InChI is InChI=1S/C26H24F3NO4/c27-26(28,29)21-10-14(4-7-17(21)18-2-1-3-23(18)31)13-34-16-6-9-22-20(12-16)19-8-5-15(11-24(32)33)25(19)30-22/h4,6-7,9-10,12,15,18,30H,1-3,5,8,11,13H2,(H,32,33)/t15-,18-/m0/s1. The second-order valence-electron chi connectivity index (χ2n) is 9.18. The Balaban J connectivity index is 1.37. The molecule has 0 amide bonds. The van der Waals surface area contributed by atoms with Gasteiger partial charge in [0.2, 0.25) is 0 Å². The predicted molar refractivity (Wildman–Crippen MR) is 119 cm³/mol. The van der Waals surface area contributed by atoms with Gasteiger partial charge in [-0.3, -0.25) is 9.59 Å². The maximum Gasteiger partial charge on any atom is 0.416 e. The van der Waals surface area contributed by atoms with Crippen LogP contribution in [0.25, 0.3) is 10.9 Å². The number of fused-ring (bicyclic) bond motifs is 3. The number of aromatic nitrogens is 1. The lowest BCUT2D eigenvalue weighted by Crippen LogP contribution is -2.15. The number of carbonyl (C=O) groups is 2. The fraction of sp³-hybridized carbons (Fsp3) is 0.385. The molecule has 34 heavy (non-hydrogen) atoms. The number of carboxylic acid groups (broad SMARTS) is 1. The Hall–Kier alpha value is -3.29. The third-order valence-electron chi connectivity index (χ3n) is 6.99. The topological polar surface area (TPSA) is 79.4 Å². The third-order valence-corrected chi connectivity index (χ3v) is 6.99. The molecular formula is C26H24F3NO4. The Morgan fingerprint density at radius 2 is 1.94 bits per heavy atom. The van der Waals surface area contributed by atoms with Crippen LogP contribution in [0.2, 0.25) is 0 Å². The van der Waals surface area contributed by atoms with Crippen LogP contribution in [0.15, 0.2) is 36.4 Å². The Morgan fingerprint density at radius 3 is 2.65 bits per heavy atom. The van der Waals surface area contributed by atoms with Crippen LogP contribution in [0.1, 0.15) is 71.9 Å². The summed E-state index contributed by atoms with van der Waals surface area (Å²) in [5.41, 5.74) is 2.58. The molecular weight excluding hydrogens is 447 g/mol. The maximum atomic E-state index is 13.8. The number of ketones is 1. The van der Waals surface area contributed by atoms with Crippen molar-refractivity contribution in [1.29, 1.82) is 0 Å². The van der Waals surface area contributed by atoms with Gasteiger partial charge in [-0.2, -0.15) is 13.2 Å². The highest BCUT2D eigenvalue weighted by Gasteiger charge is 2.38. The van der Waals surface area contributed by atoms with Gasteiger partial charge >= 0.3 is 12.1 Å². The summed E-state index contributed by atoms with van der Waals surface area (Å²) in [6.45, 7) is -0.0399. The van der Waals surface area contributed by atoms with Crippen molar-refractivity contribution in [1.82, 2.24) is 4.98 Å². The molecule has 2 aliphatic rings. The predicted octanol–water partition coefficient (Wildman–Crippen LogP) is 6.11. The number of rotatable bonds is 6. The molecule has 0 spiro atoms. The van der Waals surface area contributed by atoms with Crippen molar-refractivity contribution in [2.24, 2.45) is 0 Å². The molecule has 2 N–H and O–H groups in total. The fourth-order valence-electron chi connectivity index (χ4n) is 5.39. The molecule has 8 heteroatoms. The van der Waals surface area contributed by atoms with E-state index in [1.165, 1.54) is 6.07 Å². The van der Waals surface area contributed by atoms with Gasteiger partial charge in [-0.1, -0.05) is 12.1 Å². The zero-order valence-electron chi connectivity index (χ0n) is 18.4.